The van der Waals surface area contributed by atoms with E-state index in [-0.39, 0.29) is 24.2 Å². The molecule has 0 bridgehead atoms. The number of nitrogens with zero attached hydrogens (tertiary/aromatic N) is 2. The summed E-state index contributed by atoms with van der Waals surface area (Å²) in [6, 6.07) is -1.02. The van der Waals surface area contributed by atoms with E-state index in [2.05, 4.69) is 11.9 Å². The minimum atomic E-state index is -0.637. The minimum absolute atomic E-state index is 0.191. The van der Waals surface area contributed by atoms with E-state index in [0.717, 1.165) is 0 Å². The van der Waals surface area contributed by atoms with Crippen molar-refractivity contribution >= 4 is 17.8 Å². The lowest BCUT2D eigenvalue weighted by atomic mass is 10.0. The molecular weight excluding hydrogens is 250 g/mol. The highest BCUT2D eigenvalue weighted by molar-refractivity contribution is 6.01. The number of amides is 4. The average molecular weight is 269 g/mol. The van der Waals surface area contributed by atoms with E-state index < -0.39 is 11.9 Å². The Bertz CT molecular complexity index is 408. The van der Waals surface area contributed by atoms with Crippen molar-refractivity contribution in [1.82, 2.24) is 15.1 Å². The monoisotopic (exact) mass is 269 g/mol. The van der Waals surface area contributed by atoms with Crippen LogP contribution in [0.1, 0.15) is 19.8 Å². The molecule has 4 amide bonds. The van der Waals surface area contributed by atoms with Gasteiger partial charge in [0, 0.05) is 20.0 Å². The van der Waals surface area contributed by atoms with Crippen molar-refractivity contribution in [2.45, 2.75) is 25.8 Å². The van der Waals surface area contributed by atoms with E-state index in [4.69, 9.17) is 4.74 Å². The molecule has 1 heterocycles. The van der Waals surface area contributed by atoms with Gasteiger partial charge in [-0.1, -0.05) is 0 Å². The van der Waals surface area contributed by atoms with Crippen LogP contribution in [0.3, 0.4) is 0 Å². The Morgan fingerprint density at radius 2 is 2.16 bits per heavy atom. The van der Waals surface area contributed by atoms with Gasteiger partial charge in [0.1, 0.15) is 6.04 Å². The zero-order valence-corrected chi connectivity index (χ0v) is 11.4. The third-order valence-corrected chi connectivity index (χ3v) is 3.07. The van der Waals surface area contributed by atoms with Gasteiger partial charge in [0.25, 0.3) is 0 Å². The number of ether oxygens (including phenoxy) is 1. The number of hydrogen-bond donors (Lipinski definition) is 1. The number of imide groups is 1. The van der Waals surface area contributed by atoms with E-state index in [1.807, 2.05) is 0 Å². The van der Waals surface area contributed by atoms with Gasteiger partial charge in [0.15, 0.2) is 5.88 Å². The molecule has 1 unspecified atom stereocenters. The first kappa shape index (κ1) is 15.0. The smallest absolute Gasteiger partial charge is 0.327 e. The molecule has 0 aliphatic carbocycles. The van der Waals surface area contributed by atoms with E-state index in [0.29, 0.717) is 13.0 Å². The Labute approximate surface area is 112 Å². The highest BCUT2D eigenvalue weighted by Crippen LogP contribution is 2.15. The van der Waals surface area contributed by atoms with Gasteiger partial charge in [-0.15, -0.1) is 0 Å². The summed E-state index contributed by atoms with van der Waals surface area (Å²) in [5.74, 6) is -0.557. The third-order valence-electron chi connectivity index (χ3n) is 3.07. The van der Waals surface area contributed by atoms with Crippen LogP contribution in [0.25, 0.3) is 0 Å². The summed E-state index contributed by atoms with van der Waals surface area (Å²) in [7, 11) is 2.93. The molecule has 1 aliphatic rings. The molecule has 1 fully saturated rings. The van der Waals surface area contributed by atoms with Crippen LogP contribution in [0.5, 0.6) is 0 Å². The van der Waals surface area contributed by atoms with Crippen LogP contribution in [0, 0.1) is 0 Å². The second-order valence-electron chi connectivity index (χ2n) is 4.19. The standard InChI is InChI=1S/C12H19N3O4/c1-5-15(12(18)14(3)8(2)19-4)9-6-7-10(16)13-11(9)17/h9H,2,5-7H2,1,3-4H3,(H,13,16,17). The number of piperidine rings is 1. The number of nitrogens with one attached hydrogen (secondary N) is 1. The number of carbonyl (C=O) groups is 3. The first-order chi connectivity index (χ1) is 8.92. The fourth-order valence-corrected chi connectivity index (χ4v) is 1.90. The van der Waals surface area contributed by atoms with Crippen LogP contribution in [-0.2, 0) is 14.3 Å². The van der Waals surface area contributed by atoms with Crippen LogP contribution < -0.4 is 5.32 Å². The molecule has 1 aliphatic heterocycles. The van der Waals surface area contributed by atoms with Crippen molar-refractivity contribution in [3.63, 3.8) is 0 Å². The van der Waals surface area contributed by atoms with Gasteiger partial charge in [-0.25, -0.2) is 4.79 Å². The third kappa shape index (κ3) is 3.24. The second-order valence-corrected chi connectivity index (χ2v) is 4.19. The molecule has 0 saturated carbocycles. The summed E-state index contributed by atoms with van der Waals surface area (Å²) in [5, 5.41) is 2.24. The van der Waals surface area contributed by atoms with Gasteiger partial charge in [0.2, 0.25) is 11.8 Å². The van der Waals surface area contributed by atoms with Gasteiger partial charge < -0.3 is 9.64 Å². The summed E-state index contributed by atoms with van der Waals surface area (Å²) in [4.78, 5) is 37.8. The van der Waals surface area contributed by atoms with E-state index in [1.54, 1.807) is 6.92 Å². The Morgan fingerprint density at radius 1 is 1.53 bits per heavy atom. The molecule has 1 rings (SSSR count). The molecule has 0 spiro atoms. The van der Waals surface area contributed by atoms with Crippen LogP contribution in [-0.4, -0.2) is 54.4 Å². The minimum Gasteiger partial charge on any atom is -0.482 e. The van der Waals surface area contributed by atoms with Crippen molar-refractivity contribution in [3.8, 4) is 0 Å². The molecule has 1 N–H and O–H groups in total. The summed E-state index contributed by atoms with van der Waals surface area (Å²) in [6.07, 6.45) is 0.562. The number of carbonyl (C=O) groups excluding carboxylic acids is 3. The highest BCUT2D eigenvalue weighted by Gasteiger charge is 2.35. The Kier molecular flexibility index (Phi) is 4.91. The lowest BCUT2D eigenvalue weighted by molar-refractivity contribution is -0.136. The zero-order chi connectivity index (χ0) is 14.6. The fraction of sp³-hybridized carbons (Fsp3) is 0.583. The van der Waals surface area contributed by atoms with E-state index in [1.165, 1.54) is 24.0 Å². The normalized spacial score (nSPS) is 18.6. The van der Waals surface area contributed by atoms with Gasteiger partial charge in [0.05, 0.1) is 7.11 Å². The van der Waals surface area contributed by atoms with Crippen molar-refractivity contribution in [3.05, 3.63) is 12.5 Å². The largest absolute Gasteiger partial charge is 0.482 e. The molecular formula is C12H19N3O4. The predicted molar refractivity (Wildman–Crippen MR) is 67.9 cm³/mol. The summed E-state index contributed by atoms with van der Waals surface area (Å²) < 4.78 is 4.89. The zero-order valence-electron chi connectivity index (χ0n) is 11.4. The Morgan fingerprint density at radius 3 is 2.63 bits per heavy atom. The molecule has 19 heavy (non-hydrogen) atoms. The molecule has 0 aromatic carbocycles. The van der Waals surface area contributed by atoms with Crippen molar-refractivity contribution < 1.29 is 19.1 Å². The maximum atomic E-state index is 12.2. The number of urea groups is 1. The summed E-state index contributed by atoms with van der Waals surface area (Å²) in [5.41, 5.74) is 0. The highest BCUT2D eigenvalue weighted by atomic mass is 16.5. The van der Waals surface area contributed by atoms with Gasteiger partial charge in [-0.2, -0.15) is 0 Å². The molecule has 7 nitrogen and oxygen atoms in total. The lowest BCUT2D eigenvalue weighted by Gasteiger charge is -2.34. The number of rotatable bonds is 4. The van der Waals surface area contributed by atoms with Crippen molar-refractivity contribution in [2.75, 3.05) is 20.7 Å². The number of likely N-dealkylation sites (N-methyl/N-ethyl adjacent to an activating group) is 1. The quantitative estimate of drug-likeness (QED) is 0.587. The van der Waals surface area contributed by atoms with Crippen LogP contribution in [0.2, 0.25) is 0 Å². The number of hydrogen-bond acceptors (Lipinski definition) is 4. The van der Waals surface area contributed by atoms with Crippen molar-refractivity contribution in [1.29, 1.82) is 0 Å². The SMILES string of the molecule is C=C(OC)N(C)C(=O)N(CC)C1CCC(=O)NC1=O. The molecule has 0 aromatic heterocycles. The first-order valence-electron chi connectivity index (χ1n) is 6.03. The second kappa shape index (κ2) is 6.21. The fourth-order valence-electron chi connectivity index (χ4n) is 1.90. The summed E-state index contributed by atoms with van der Waals surface area (Å²) >= 11 is 0. The molecule has 106 valence electrons. The van der Waals surface area contributed by atoms with Crippen LogP contribution >= 0.6 is 0 Å². The maximum absolute atomic E-state index is 12.2. The maximum Gasteiger partial charge on any atom is 0.327 e. The molecule has 0 aromatic rings. The topological polar surface area (TPSA) is 79.0 Å². The number of methoxy groups -OCH3 is 1. The predicted octanol–water partition coefficient (Wildman–Crippen LogP) is 0.283. The molecule has 1 atom stereocenters. The first-order valence-corrected chi connectivity index (χ1v) is 6.03. The van der Waals surface area contributed by atoms with Crippen LogP contribution in [0.4, 0.5) is 4.79 Å². The van der Waals surface area contributed by atoms with Gasteiger partial charge >= 0.3 is 6.03 Å². The lowest BCUT2D eigenvalue weighted by Crippen LogP contribution is -2.56. The Balaban J connectivity index is 2.82. The van der Waals surface area contributed by atoms with Crippen LogP contribution in [0.15, 0.2) is 12.5 Å². The molecule has 0 radical (unpaired) electrons. The van der Waals surface area contributed by atoms with E-state index >= 15 is 0 Å². The Hall–Kier alpha value is -2.05. The van der Waals surface area contributed by atoms with E-state index in [9.17, 15) is 14.4 Å². The molecule has 7 heteroatoms. The average Bonchev–Trinajstić information content (AvgIpc) is 2.39. The molecule has 1 saturated heterocycles. The van der Waals surface area contributed by atoms with Crippen molar-refractivity contribution in [2.24, 2.45) is 0 Å². The summed E-state index contributed by atoms with van der Waals surface area (Å²) in [6.45, 7) is 5.71. The van der Waals surface area contributed by atoms with Gasteiger partial charge in [-0.05, 0) is 19.9 Å². The van der Waals surface area contributed by atoms with Gasteiger partial charge in [-0.3, -0.25) is 19.8 Å².